The Morgan fingerprint density at radius 1 is 1.47 bits per heavy atom. The highest BCUT2D eigenvalue weighted by atomic mass is 79.9. The normalized spacial score (nSPS) is 11.3. The zero-order chi connectivity index (χ0) is 10.8. The van der Waals surface area contributed by atoms with E-state index < -0.39 is 5.97 Å². The quantitative estimate of drug-likeness (QED) is 0.794. The molecular formula is C11H6BrO2S-. The standard InChI is InChI=1S/C11H7BrO2S/c12-8-2-3-10-9(5-8)7(6-15-10)1-4-11(13)14/h1-6H,(H,13,14)/p-1/b4-1-. The Bertz CT molecular complexity index is 543. The third kappa shape index (κ3) is 2.27. The third-order valence-electron chi connectivity index (χ3n) is 1.96. The van der Waals surface area contributed by atoms with Gasteiger partial charge in [-0.05, 0) is 35.2 Å². The molecular weight excluding hydrogens is 276 g/mol. The summed E-state index contributed by atoms with van der Waals surface area (Å²) in [7, 11) is 0. The lowest BCUT2D eigenvalue weighted by atomic mass is 10.2. The molecule has 0 amide bonds. The second kappa shape index (κ2) is 4.16. The minimum absolute atomic E-state index is 0.903. The van der Waals surface area contributed by atoms with Crippen molar-refractivity contribution in [3.05, 3.63) is 39.7 Å². The fraction of sp³-hybridized carbons (Fsp3) is 0. The van der Waals surface area contributed by atoms with Crippen molar-refractivity contribution in [1.29, 1.82) is 0 Å². The van der Waals surface area contributed by atoms with Crippen molar-refractivity contribution in [2.45, 2.75) is 0 Å². The van der Waals surface area contributed by atoms with Crippen molar-refractivity contribution in [2.75, 3.05) is 0 Å². The number of hydrogen-bond acceptors (Lipinski definition) is 3. The number of halogens is 1. The van der Waals surface area contributed by atoms with Gasteiger partial charge in [-0.25, -0.2) is 0 Å². The zero-order valence-corrected chi connectivity index (χ0v) is 9.97. The van der Waals surface area contributed by atoms with Gasteiger partial charge >= 0.3 is 0 Å². The number of aliphatic carboxylic acids is 1. The van der Waals surface area contributed by atoms with Gasteiger partial charge in [-0.3, -0.25) is 0 Å². The highest BCUT2D eigenvalue weighted by Crippen LogP contribution is 2.29. The van der Waals surface area contributed by atoms with Crippen LogP contribution in [0.1, 0.15) is 5.56 Å². The zero-order valence-electron chi connectivity index (χ0n) is 7.57. The van der Waals surface area contributed by atoms with E-state index >= 15 is 0 Å². The SMILES string of the molecule is O=C([O-])/C=C\c1csc2ccc(Br)cc12. The van der Waals surface area contributed by atoms with Gasteiger partial charge in [0, 0.05) is 14.6 Å². The summed E-state index contributed by atoms with van der Waals surface area (Å²) in [5, 5.41) is 13.3. The van der Waals surface area contributed by atoms with Gasteiger partial charge in [-0.15, -0.1) is 11.3 Å². The summed E-state index contributed by atoms with van der Waals surface area (Å²) in [5.74, 6) is -1.18. The van der Waals surface area contributed by atoms with E-state index in [4.69, 9.17) is 0 Å². The van der Waals surface area contributed by atoms with Crippen molar-refractivity contribution in [1.82, 2.24) is 0 Å². The molecule has 0 unspecified atom stereocenters. The summed E-state index contributed by atoms with van der Waals surface area (Å²) in [6.07, 6.45) is 2.60. The van der Waals surface area contributed by atoms with E-state index in [9.17, 15) is 9.90 Å². The Morgan fingerprint density at radius 3 is 3.00 bits per heavy atom. The molecule has 0 aliphatic carbocycles. The second-order valence-electron chi connectivity index (χ2n) is 2.98. The van der Waals surface area contributed by atoms with E-state index in [2.05, 4.69) is 15.9 Å². The van der Waals surface area contributed by atoms with E-state index in [1.165, 1.54) is 0 Å². The fourth-order valence-corrected chi connectivity index (χ4v) is 2.58. The predicted molar refractivity (Wildman–Crippen MR) is 63.6 cm³/mol. The molecule has 0 aliphatic heterocycles. The highest BCUT2D eigenvalue weighted by molar-refractivity contribution is 9.10. The molecule has 0 atom stereocenters. The molecule has 2 aromatic rings. The molecule has 15 heavy (non-hydrogen) atoms. The first kappa shape index (κ1) is 10.4. The van der Waals surface area contributed by atoms with Gasteiger partial charge in [-0.2, -0.15) is 0 Å². The lowest BCUT2D eigenvalue weighted by Crippen LogP contribution is -2.18. The van der Waals surface area contributed by atoms with Crippen LogP contribution in [0.2, 0.25) is 0 Å². The molecule has 0 fully saturated rings. The van der Waals surface area contributed by atoms with Gasteiger partial charge in [0.25, 0.3) is 0 Å². The van der Waals surface area contributed by atoms with Crippen LogP contribution in [0.4, 0.5) is 0 Å². The van der Waals surface area contributed by atoms with Crippen LogP contribution >= 0.6 is 27.3 Å². The van der Waals surface area contributed by atoms with Crippen molar-refractivity contribution in [2.24, 2.45) is 0 Å². The van der Waals surface area contributed by atoms with Crippen LogP contribution < -0.4 is 5.11 Å². The molecule has 0 bridgehead atoms. The molecule has 0 spiro atoms. The molecule has 2 nitrogen and oxygen atoms in total. The summed E-state index contributed by atoms with van der Waals surface area (Å²) >= 11 is 4.97. The average Bonchev–Trinajstić information content (AvgIpc) is 2.57. The number of carboxylic acids is 1. The Hall–Kier alpha value is -1.13. The maximum Gasteiger partial charge on any atom is 0.0643 e. The molecule has 0 N–H and O–H groups in total. The number of fused-ring (bicyclic) bond motifs is 1. The summed E-state index contributed by atoms with van der Waals surface area (Å²) in [5.41, 5.74) is 0.903. The van der Waals surface area contributed by atoms with Crippen molar-refractivity contribution in [3.8, 4) is 0 Å². The van der Waals surface area contributed by atoms with Crippen LogP contribution in [0.5, 0.6) is 0 Å². The van der Waals surface area contributed by atoms with Gasteiger partial charge in [0.1, 0.15) is 0 Å². The number of carbonyl (C=O) groups is 1. The molecule has 2 rings (SSSR count). The van der Waals surface area contributed by atoms with Crippen molar-refractivity contribution in [3.63, 3.8) is 0 Å². The predicted octanol–water partition coefficient (Wildman–Crippen LogP) is 2.43. The van der Waals surface area contributed by atoms with Crippen LogP contribution in [0.3, 0.4) is 0 Å². The molecule has 0 radical (unpaired) electrons. The van der Waals surface area contributed by atoms with Crippen LogP contribution in [-0.2, 0) is 4.79 Å². The van der Waals surface area contributed by atoms with E-state index in [0.29, 0.717) is 0 Å². The molecule has 1 heterocycles. The lowest BCUT2D eigenvalue weighted by molar-refractivity contribution is -0.297. The van der Waals surface area contributed by atoms with Crippen molar-refractivity contribution < 1.29 is 9.90 Å². The second-order valence-corrected chi connectivity index (χ2v) is 4.81. The number of hydrogen-bond donors (Lipinski definition) is 0. The molecule has 1 aromatic carbocycles. The number of benzene rings is 1. The first-order valence-corrected chi connectivity index (χ1v) is 5.90. The monoisotopic (exact) mass is 281 g/mol. The van der Waals surface area contributed by atoms with Gasteiger partial charge in [0.15, 0.2) is 0 Å². The van der Waals surface area contributed by atoms with Gasteiger partial charge in [0.05, 0.1) is 5.97 Å². The molecule has 1 aromatic heterocycles. The van der Waals surface area contributed by atoms with E-state index in [1.807, 2.05) is 23.6 Å². The van der Waals surface area contributed by atoms with Gasteiger partial charge in [-0.1, -0.05) is 22.0 Å². The maximum absolute atomic E-state index is 10.3. The molecule has 76 valence electrons. The largest absolute Gasteiger partial charge is 0.545 e. The van der Waals surface area contributed by atoms with Crippen LogP contribution in [0.25, 0.3) is 16.2 Å². The first-order valence-electron chi connectivity index (χ1n) is 4.22. The summed E-state index contributed by atoms with van der Waals surface area (Å²) in [6, 6.07) is 5.94. The summed E-state index contributed by atoms with van der Waals surface area (Å²) in [4.78, 5) is 10.3. The first-order chi connectivity index (χ1) is 7.16. The molecule has 0 saturated heterocycles. The van der Waals surface area contributed by atoms with Crippen LogP contribution in [0, 0.1) is 0 Å². The van der Waals surface area contributed by atoms with E-state index in [1.54, 1.807) is 17.4 Å². The Labute approximate surface area is 99.0 Å². The maximum atomic E-state index is 10.3. The van der Waals surface area contributed by atoms with Crippen LogP contribution in [-0.4, -0.2) is 5.97 Å². The van der Waals surface area contributed by atoms with E-state index in [-0.39, 0.29) is 0 Å². The fourth-order valence-electron chi connectivity index (χ4n) is 1.31. The smallest absolute Gasteiger partial charge is 0.0643 e. The lowest BCUT2D eigenvalue weighted by Gasteiger charge is -1.94. The van der Waals surface area contributed by atoms with Crippen LogP contribution in [0.15, 0.2) is 34.1 Å². The minimum Gasteiger partial charge on any atom is -0.545 e. The molecule has 0 saturated carbocycles. The number of rotatable bonds is 2. The molecule has 4 heteroatoms. The van der Waals surface area contributed by atoms with E-state index in [0.717, 1.165) is 26.2 Å². The topological polar surface area (TPSA) is 40.1 Å². The summed E-state index contributed by atoms with van der Waals surface area (Å²) in [6.45, 7) is 0. The molecule has 0 aliphatic rings. The number of carboxylic acid groups (broad SMARTS) is 1. The number of carbonyl (C=O) groups excluding carboxylic acids is 1. The Kier molecular flexibility index (Phi) is 2.88. The third-order valence-corrected chi connectivity index (χ3v) is 3.44. The highest BCUT2D eigenvalue weighted by Gasteiger charge is 2.01. The Balaban J connectivity index is 2.52. The average molecular weight is 282 g/mol. The Morgan fingerprint density at radius 2 is 2.27 bits per heavy atom. The van der Waals surface area contributed by atoms with Gasteiger partial charge < -0.3 is 9.90 Å². The van der Waals surface area contributed by atoms with Gasteiger partial charge in [0.2, 0.25) is 0 Å². The summed E-state index contributed by atoms with van der Waals surface area (Å²) < 4.78 is 2.12. The minimum atomic E-state index is -1.18. The number of thiophene rings is 1. The van der Waals surface area contributed by atoms with Crippen molar-refractivity contribution >= 4 is 49.4 Å².